The van der Waals surface area contributed by atoms with Crippen LogP contribution >= 0.6 is 0 Å². The summed E-state index contributed by atoms with van der Waals surface area (Å²) in [4.78, 5) is 14.6. The van der Waals surface area contributed by atoms with Crippen molar-refractivity contribution in [1.82, 2.24) is 9.55 Å². The fraction of sp³-hybridized carbons (Fsp3) is 0.250. The highest BCUT2D eigenvalue weighted by Crippen LogP contribution is 2.22. The normalized spacial score (nSPS) is 10.4. The summed E-state index contributed by atoms with van der Waals surface area (Å²) in [5.74, 6) is 6.36. The number of aryl methyl sites for hydroxylation is 1. The summed E-state index contributed by atoms with van der Waals surface area (Å²) in [6, 6.07) is 4.55. The van der Waals surface area contributed by atoms with Crippen LogP contribution in [0.2, 0.25) is 0 Å². The Labute approximate surface area is 110 Å². The summed E-state index contributed by atoms with van der Waals surface area (Å²) in [7, 11) is 0. The molecule has 2 aromatic rings. The van der Waals surface area contributed by atoms with E-state index in [0.717, 1.165) is 17.8 Å². The molecule has 1 aromatic heterocycles. The standard InChI is InChI=1S/C12H15N5O2/c1-2-12-14-5-6-16(12)8-9-7-10(17(18)19)3-4-11(9)15-13/h3-7,15H,2,8,13H2,1H3. The molecular formula is C12H15N5O2. The lowest BCUT2D eigenvalue weighted by molar-refractivity contribution is -0.384. The number of nitro benzene ring substituents is 1. The molecule has 0 fully saturated rings. The summed E-state index contributed by atoms with van der Waals surface area (Å²) >= 11 is 0. The molecule has 0 atom stereocenters. The lowest BCUT2D eigenvalue weighted by Crippen LogP contribution is -2.12. The minimum Gasteiger partial charge on any atom is -0.330 e. The number of imidazole rings is 1. The van der Waals surface area contributed by atoms with Crippen LogP contribution in [0.1, 0.15) is 18.3 Å². The average Bonchev–Trinajstić information content (AvgIpc) is 2.85. The Morgan fingerprint density at radius 3 is 2.95 bits per heavy atom. The number of nitro groups is 1. The number of benzene rings is 1. The van der Waals surface area contributed by atoms with E-state index in [1.165, 1.54) is 12.1 Å². The van der Waals surface area contributed by atoms with Crippen molar-refractivity contribution in [3.8, 4) is 0 Å². The molecular weight excluding hydrogens is 246 g/mol. The van der Waals surface area contributed by atoms with E-state index in [-0.39, 0.29) is 5.69 Å². The van der Waals surface area contributed by atoms with E-state index in [1.807, 2.05) is 17.7 Å². The molecule has 0 aliphatic rings. The first-order valence-electron chi connectivity index (χ1n) is 5.89. The van der Waals surface area contributed by atoms with Crippen molar-refractivity contribution < 1.29 is 4.92 Å². The molecule has 2 rings (SSSR count). The molecule has 100 valence electrons. The molecule has 1 aromatic carbocycles. The van der Waals surface area contributed by atoms with E-state index in [1.54, 1.807) is 12.3 Å². The van der Waals surface area contributed by atoms with Crippen molar-refractivity contribution in [2.24, 2.45) is 5.84 Å². The maximum absolute atomic E-state index is 10.8. The molecule has 19 heavy (non-hydrogen) atoms. The monoisotopic (exact) mass is 261 g/mol. The van der Waals surface area contributed by atoms with E-state index in [0.29, 0.717) is 12.2 Å². The highest BCUT2D eigenvalue weighted by Gasteiger charge is 2.11. The molecule has 0 unspecified atom stereocenters. The van der Waals surface area contributed by atoms with Crippen LogP contribution in [0.3, 0.4) is 0 Å². The van der Waals surface area contributed by atoms with Crippen molar-refractivity contribution in [2.45, 2.75) is 19.9 Å². The highest BCUT2D eigenvalue weighted by molar-refractivity contribution is 5.55. The molecule has 0 saturated carbocycles. The Morgan fingerprint density at radius 1 is 1.53 bits per heavy atom. The van der Waals surface area contributed by atoms with Crippen molar-refractivity contribution >= 4 is 11.4 Å². The van der Waals surface area contributed by atoms with Crippen molar-refractivity contribution in [3.05, 3.63) is 52.1 Å². The molecule has 0 bridgehead atoms. The summed E-state index contributed by atoms with van der Waals surface area (Å²) < 4.78 is 1.94. The first kappa shape index (κ1) is 13.0. The molecule has 0 saturated heterocycles. The predicted octanol–water partition coefficient (Wildman–Crippen LogP) is 1.69. The van der Waals surface area contributed by atoms with Gasteiger partial charge < -0.3 is 9.99 Å². The maximum Gasteiger partial charge on any atom is 0.269 e. The van der Waals surface area contributed by atoms with Gasteiger partial charge in [-0.25, -0.2) is 4.98 Å². The molecule has 0 aliphatic heterocycles. The van der Waals surface area contributed by atoms with Crippen molar-refractivity contribution in [3.63, 3.8) is 0 Å². The molecule has 7 nitrogen and oxygen atoms in total. The fourth-order valence-corrected chi connectivity index (χ4v) is 1.95. The Morgan fingerprint density at radius 2 is 2.32 bits per heavy atom. The van der Waals surface area contributed by atoms with E-state index in [4.69, 9.17) is 5.84 Å². The molecule has 0 spiro atoms. The highest BCUT2D eigenvalue weighted by atomic mass is 16.6. The summed E-state index contributed by atoms with van der Waals surface area (Å²) in [5.41, 5.74) is 4.03. The van der Waals surface area contributed by atoms with Crippen LogP contribution in [0.4, 0.5) is 11.4 Å². The van der Waals surface area contributed by atoms with Gasteiger partial charge in [-0.1, -0.05) is 6.92 Å². The lowest BCUT2D eigenvalue weighted by Gasteiger charge is -2.11. The second-order valence-corrected chi connectivity index (χ2v) is 4.07. The largest absolute Gasteiger partial charge is 0.330 e. The summed E-state index contributed by atoms with van der Waals surface area (Å²) in [6.45, 7) is 2.50. The van der Waals surface area contributed by atoms with Gasteiger partial charge in [0.25, 0.3) is 5.69 Å². The zero-order chi connectivity index (χ0) is 13.8. The quantitative estimate of drug-likeness (QED) is 0.484. The van der Waals surface area contributed by atoms with E-state index < -0.39 is 4.92 Å². The first-order valence-corrected chi connectivity index (χ1v) is 5.89. The number of nitrogens with one attached hydrogen (secondary N) is 1. The third kappa shape index (κ3) is 2.71. The number of nitrogens with two attached hydrogens (primary N) is 1. The van der Waals surface area contributed by atoms with Gasteiger partial charge in [-0.2, -0.15) is 0 Å². The van der Waals surface area contributed by atoms with Gasteiger partial charge in [0, 0.05) is 36.5 Å². The minimum absolute atomic E-state index is 0.0483. The molecule has 1 heterocycles. The number of hydrogen-bond donors (Lipinski definition) is 2. The van der Waals surface area contributed by atoms with Crippen molar-refractivity contribution in [1.29, 1.82) is 0 Å². The molecule has 0 aliphatic carbocycles. The SMILES string of the molecule is CCc1nccn1Cc1cc([N+](=O)[O-])ccc1NN. The van der Waals surface area contributed by atoms with E-state index >= 15 is 0 Å². The zero-order valence-corrected chi connectivity index (χ0v) is 10.5. The van der Waals surface area contributed by atoms with Gasteiger partial charge in [-0.3, -0.25) is 16.0 Å². The van der Waals surface area contributed by atoms with Gasteiger partial charge in [-0.15, -0.1) is 0 Å². The van der Waals surface area contributed by atoms with Gasteiger partial charge in [0.15, 0.2) is 0 Å². The number of hydrogen-bond acceptors (Lipinski definition) is 5. The number of non-ortho nitro benzene ring substituents is 1. The summed E-state index contributed by atoms with van der Waals surface area (Å²) in [6.07, 6.45) is 4.36. The van der Waals surface area contributed by atoms with Crippen LogP contribution in [-0.2, 0) is 13.0 Å². The van der Waals surface area contributed by atoms with Crippen LogP contribution in [0.15, 0.2) is 30.6 Å². The van der Waals surface area contributed by atoms with Gasteiger partial charge in [-0.05, 0) is 6.07 Å². The Balaban J connectivity index is 2.37. The Bertz CT molecular complexity index is 594. The lowest BCUT2D eigenvalue weighted by atomic mass is 10.1. The molecule has 7 heteroatoms. The smallest absolute Gasteiger partial charge is 0.269 e. The number of nitrogens with zero attached hydrogens (tertiary/aromatic N) is 3. The first-order chi connectivity index (χ1) is 9.15. The molecule has 0 amide bonds. The average molecular weight is 261 g/mol. The van der Waals surface area contributed by atoms with Gasteiger partial charge in [0.2, 0.25) is 0 Å². The summed E-state index contributed by atoms with van der Waals surface area (Å²) in [5, 5.41) is 10.8. The van der Waals surface area contributed by atoms with Crippen LogP contribution in [0.25, 0.3) is 0 Å². The van der Waals surface area contributed by atoms with Crippen LogP contribution in [0, 0.1) is 10.1 Å². The van der Waals surface area contributed by atoms with Gasteiger partial charge in [0.1, 0.15) is 5.82 Å². The number of aromatic nitrogens is 2. The topological polar surface area (TPSA) is 99.0 Å². The number of anilines is 1. The number of hydrazine groups is 1. The molecule has 0 radical (unpaired) electrons. The van der Waals surface area contributed by atoms with E-state index in [2.05, 4.69) is 10.4 Å². The predicted molar refractivity (Wildman–Crippen MR) is 71.6 cm³/mol. The Kier molecular flexibility index (Phi) is 3.76. The number of rotatable bonds is 5. The third-order valence-electron chi connectivity index (χ3n) is 2.91. The maximum atomic E-state index is 10.8. The number of nitrogen functional groups attached to an aromatic ring is 1. The fourth-order valence-electron chi connectivity index (χ4n) is 1.95. The third-order valence-corrected chi connectivity index (χ3v) is 2.91. The molecule has 3 N–H and O–H groups in total. The Hall–Kier alpha value is -2.41. The van der Waals surface area contributed by atoms with Gasteiger partial charge >= 0.3 is 0 Å². The van der Waals surface area contributed by atoms with Crippen LogP contribution < -0.4 is 11.3 Å². The second-order valence-electron chi connectivity index (χ2n) is 4.07. The van der Waals surface area contributed by atoms with Crippen molar-refractivity contribution in [2.75, 3.05) is 5.43 Å². The van der Waals surface area contributed by atoms with Crippen LogP contribution in [0.5, 0.6) is 0 Å². The zero-order valence-electron chi connectivity index (χ0n) is 10.5. The minimum atomic E-state index is -0.418. The van der Waals surface area contributed by atoms with Gasteiger partial charge in [0.05, 0.1) is 17.2 Å². The van der Waals surface area contributed by atoms with Crippen LogP contribution in [-0.4, -0.2) is 14.5 Å². The van der Waals surface area contributed by atoms with E-state index in [9.17, 15) is 10.1 Å². The second kappa shape index (κ2) is 5.49.